The normalized spacial score (nSPS) is 10.8. The highest BCUT2D eigenvalue weighted by Gasteiger charge is 1.96. The summed E-state index contributed by atoms with van der Waals surface area (Å²) in [5, 5.41) is 0. The Morgan fingerprint density at radius 2 is 1.13 bits per heavy atom. The van der Waals surface area contributed by atoms with Gasteiger partial charge in [-0.25, -0.2) is 0 Å². The highest BCUT2D eigenvalue weighted by molar-refractivity contribution is 7.99. The van der Waals surface area contributed by atoms with Gasteiger partial charge in [-0.15, -0.1) is 0 Å². The lowest BCUT2D eigenvalue weighted by molar-refractivity contribution is 0.785. The number of rotatable bonds is 12. The van der Waals surface area contributed by atoms with Crippen LogP contribution in [0.3, 0.4) is 0 Å². The summed E-state index contributed by atoms with van der Waals surface area (Å²) in [6.07, 6.45) is 9.98. The van der Waals surface area contributed by atoms with Crippen molar-refractivity contribution in [2.75, 3.05) is 23.0 Å². The summed E-state index contributed by atoms with van der Waals surface area (Å²) in [7, 11) is 0. The molecule has 0 aliphatic rings. The van der Waals surface area contributed by atoms with Gasteiger partial charge in [-0.3, -0.25) is 9.97 Å². The zero-order chi connectivity index (χ0) is 16.0. The van der Waals surface area contributed by atoms with Gasteiger partial charge in [-0.05, 0) is 73.0 Å². The van der Waals surface area contributed by atoms with Crippen LogP contribution in [0.1, 0.15) is 30.7 Å². The lowest BCUT2D eigenvalue weighted by Gasteiger charge is -2.03. The van der Waals surface area contributed by atoms with E-state index in [1.165, 1.54) is 53.7 Å². The summed E-state index contributed by atoms with van der Waals surface area (Å²) < 4.78 is 0. The van der Waals surface area contributed by atoms with Crippen molar-refractivity contribution in [3.05, 3.63) is 60.2 Å². The van der Waals surface area contributed by atoms with E-state index in [-0.39, 0.29) is 0 Å². The van der Waals surface area contributed by atoms with Crippen LogP contribution in [0, 0.1) is 0 Å². The van der Waals surface area contributed by atoms with Crippen LogP contribution in [0.5, 0.6) is 0 Å². The van der Waals surface area contributed by atoms with Crippen LogP contribution in [0.2, 0.25) is 0 Å². The molecule has 124 valence electrons. The van der Waals surface area contributed by atoms with E-state index in [4.69, 9.17) is 0 Å². The Morgan fingerprint density at radius 1 is 0.609 bits per heavy atom. The molecule has 0 spiro atoms. The van der Waals surface area contributed by atoms with E-state index >= 15 is 0 Å². The minimum Gasteiger partial charge on any atom is -0.261 e. The first-order chi connectivity index (χ1) is 11.4. The minimum absolute atomic E-state index is 1.09. The van der Waals surface area contributed by atoms with Gasteiger partial charge in [0, 0.05) is 23.8 Å². The number of hydrogen-bond donors (Lipinski definition) is 0. The standard InChI is InChI=1S/C19H26N2S2/c1(6-14-22-16-10-18-8-2-4-12-20-18)7-15-23-17-11-19-9-3-5-13-21-19/h2-5,8-9,12-13H,1,6-7,10-11,14-17H2. The molecular weight excluding hydrogens is 320 g/mol. The number of pyridine rings is 2. The Labute approximate surface area is 148 Å². The smallest absolute Gasteiger partial charge is 0.0411 e. The van der Waals surface area contributed by atoms with E-state index in [9.17, 15) is 0 Å². The summed E-state index contributed by atoms with van der Waals surface area (Å²) >= 11 is 4.12. The number of unbranched alkanes of at least 4 members (excludes halogenated alkanes) is 2. The van der Waals surface area contributed by atoms with Crippen LogP contribution in [-0.2, 0) is 12.8 Å². The average molecular weight is 347 g/mol. The Kier molecular flexibility index (Phi) is 9.91. The summed E-state index contributed by atoms with van der Waals surface area (Å²) in [6, 6.07) is 12.3. The molecule has 0 fully saturated rings. The van der Waals surface area contributed by atoms with Crippen molar-refractivity contribution in [1.29, 1.82) is 0 Å². The molecule has 2 aromatic rings. The van der Waals surface area contributed by atoms with Gasteiger partial charge in [-0.1, -0.05) is 18.6 Å². The van der Waals surface area contributed by atoms with Crippen LogP contribution in [0.15, 0.2) is 48.8 Å². The number of nitrogens with zero attached hydrogens (tertiary/aromatic N) is 2. The molecule has 2 heterocycles. The first-order valence-corrected chi connectivity index (χ1v) is 10.7. The quantitative estimate of drug-likeness (QED) is 0.511. The third kappa shape index (κ3) is 9.01. The molecule has 23 heavy (non-hydrogen) atoms. The number of hydrogen-bond acceptors (Lipinski definition) is 4. The summed E-state index contributed by atoms with van der Waals surface area (Å²) in [5.41, 5.74) is 2.42. The predicted octanol–water partition coefficient (Wildman–Crippen LogP) is 4.90. The molecule has 4 heteroatoms. The van der Waals surface area contributed by atoms with Gasteiger partial charge < -0.3 is 0 Å². The van der Waals surface area contributed by atoms with Gasteiger partial charge in [-0.2, -0.15) is 23.5 Å². The molecule has 0 aliphatic heterocycles. The fourth-order valence-electron chi connectivity index (χ4n) is 2.23. The Hall–Kier alpha value is -1.00. The largest absolute Gasteiger partial charge is 0.261 e. The second-order valence-corrected chi connectivity index (χ2v) is 7.88. The zero-order valence-electron chi connectivity index (χ0n) is 13.7. The van der Waals surface area contributed by atoms with Gasteiger partial charge in [0.05, 0.1) is 0 Å². The van der Waals surface area contributed by atoms with Gasteiger partial charge in [0.2, 0.25) is 0 Å². The Morgan fingerprint density at radius 3 is 1.57 bits per heavy atom. The second kappa shape index (κ2) is 12.4. The molecule has 0 radical (unpaired) electrons. The maximum absolute atomic E-state index is 4.36. The maximum Gasteiger partial charge on any atom is 0.0411 e. The summed E-state index contributed by atoms with van der Waals surface area (Å²) in [5.74, 6) is 4.95. The lowest BCUT2D eigenvalue weighted by atomic mass is 10.3. The average Bonchev–Trinajstić information content (AvgIpc) is 2.61. The van der Waals surface area contributed by atoms with Crippen molar-refractivity contribution in [1.82, 2.24) is 9.97 Å². The summed E-state index contributed by atoms with van der Waals surface area (Å²) in [6.45, 7) is 0. The topological polar surface area (TPSA) is 25.8 Å². The van der Waals surface area contributed by atoms with Gasteiger partial charge >= 0.3 is 0 Å². The predicted molar refractivity (Wildman–Crippen MR) is 104 cm³/mol. The molecule has 0 saturated carbocycles. The van der Waals surface area contributed by atoms with E-state index in [0.717, 1.165) is 12.8 Å². The van der Waals surface area contributed by atoms with Crippen molar-refractivity contribution in [2.45, 2.75) is 32.1 Å². The van der Waals surface area contributed by atoms with Crippen molar-refractivity contribution < 1.29 is 0 Å². The minimum atomic E-state index is 1.09. The molecule has 2 rings (SSSR count). The number of aryl methyl sites for hydroxylation is 2. The molecule has 0 N–H and O–H groups in total. The number of thioether (sulfide) groups is 2. The first-order valence-electron chi connectivity index (χ1n) is 8.40. The highest BCUT2D eigenvalue weighted by atomic mass is 32.2. The monoisotopic (exact) mass is 346 g/mol. The Bertz CT molecular complexity index is 458. The molecule has 2 nitrogen and oxygen atoms in total. The molecule has 0 amide bonds. The first kappa shape index (κ1) is 18.3. The van der Waals surface area contributed by atoms with Gasteiger partial charge in [0.1, 0.15) is 0 Å². The molecule has 0 aliphatic carbocycles. The zero-order valence-corrected chi connectivity index (χ0v) is 15.3. The Balaban J connectivity index is 1.34. The second-order valence-electron chi connectivity index (χ2n) is 5.43. The van der Waals surface area contributed by atoms with Gasteiger partial charge in [0.25, 0.3) is 0 Å². The van der Waals surface area contributed by atoms with Gasteiger partial charge in [0.15, 0.2) is 0 Å². The SMILES string of the molecule is c1ccc(CCSCCCCCSCCc2ccccn2)nc1. The van der Waals surface area contributed by atoms with E-state index in [0.29, 0.717) is 0 Å². The third-order valence-corrected chi connectivity index (χ3v) is 5.68. The highest BCUT2D eigenvalue weighted by Crippen LogP contribution is 2.12. The molecule has 0 bridgehead atoms. The summed E-state index contributed by atoms with van der Waals surface area (Å²) in [4.78, 5) is 8.71. The fourth-order valence-corrected chi connectivity index (χ4v) is 4.17. The van der Waals surface area contributed by atoms with E-state index in [1.807, 2.05) is 24.5 Å². The van der Waals surface area contributed by atoms with E-state index < -0.39 is 0 Å². The third-order valence-electron chi connectivity index (χ3n) is 3.53. The molecule has 2 aromatic heterocycles. The van der Waals surface area contributed by atoms with E-state index in [2.05, 4.69) is 57.8 Å². The molecule has 0 atom stereocenters. The lowest BCUT2D eigenvalue weighted by Crippen LogP contribution is -1.94. The fraction of sp³-hybridized carbons (Fsp3) is 0.474. The maximum atomic E-state index is 4.36. The van der Waals surface area contributed by atoms with E-state index in [1.54, 1.807) is 0 Å². The van der Waals surface area contributed by atoms with Crippen LogP contribution in [-0.4, -0.2) is 33.0 Å². The molecule has 0 unspecified atom stereocenters. The van der Waals surface area contributed by atoms with Crippen molar-refractivity contribution in [3.63, 3.8) is 0 Å². The van der Waals surface area contributed by atoms with Crippen LogP contribution >= 0.6 is 23.5 Å². The van der Waals surface area contributed by atoms with Crippen LogP contribution in [0.4, 0.5) is 0 Å². The molecular formula is C19H26N2S2. The molecule has 0 aromatic carbocycles. The van der Waals surface area contributed by atoms with Crippen molar-refractivity contribution >= 4 is 23.5 Å². The molecule has 0 saturated heterocycles. The van der Waals surface area contributed by atoms with Crippen molar-refractivity contribution in [2.24, 2.45) is 0 Å². The van der Waals surface area contributed by atoms with Crippen LogP contribution in [0.25, 0.3) is 0 Å². The number of aromatic nitrogens is 2. The van der Waals surface area contributed by atoms with Crippen LogP contribution < -0.4 is 0 Å². The van der Waals surface area contributed by atoms with Crippen molar-refractivity contribution in [3.8, 4) is 0 Å².